The van der Waals surface area contributed by atoms with E-state index in [1.807, 2.05) is 18.2 Å². The molecule has 0 radical (unpaired) electrons. The van der Waals surface area contributed by atoms with E-state index in [2.05, 4.69) is 31.8 Å². The molecule has 0 heterocycles. The Labute approximate surface area is 79.6 Å². The highest BCUT2D eigenvalue weighted by atomic mass is 35.6. The van der Waals surface area contributed by atoms with E-state index in [4.69, 9.17) is 11.1 Å². The second-order valence-electron chi connectivity index (χ2n) is 3.26. The molecule has 0 amide bonds. The van der Waals surface area contributed by atoms with Crippen LogP contribution < -0.4 is 5.19 Å². The van der Waals surface area contributed by atoms with Crippen LogP contribution in [0.3, 0.4) is 0 Å². The quantitative estimate of drug-likeness (QED) is 0.504. The molecular formula is C10H13ClSi. The van der Waals surface area contributed by atoms with Gasteiger partial charge in [0.05, 0.1) is 0 Å². The van der Waals surface area contributed by atoms with Gasteiger partial charge in [0.25, 0.3) is 0 Å². The van der Waals surface area contributed by atoms with Gasteiger partial charge in [0.15, 0.2) is 7.38 Å². The summed E-state index contributed by atoms with van der Waals surface area (Å²) in [5.41, 5.74) is 1.17. The van der Waals surface area contributed by atoms with E-state index in [0.29, 0.717) is 0 Å². The molecule has 12 heavy (non-hydrogen) atoms. The highest BCUT2D eigenvalue weighted by molar-refractivity contribution is 7.26. The average molecular weight is 197 g/mol. The molecule has 0 unspecified atom stereocenters. The van der Waals surface area contributed by atoms with Crippen LogP contribution in [0.15, 0.2) is 30.8 Å². The fraction of sp³-hybridized carbons (Fsp3) is 0.200. The van der Waals surface area contributed by atoms with Crippen molar-refractivity contribution in [3.63, 3.8) is 0 Å². The van der Waals surface area contributed by atoms with Gasteiger partial charge in [-0.15, -0.1) is 0 Å². The van der Waals surface area contributed by atoms with Gasteiger partial charge in [0.1, 0.15) is 0 Å². The van der Waals surface area contributed by atoms with Crippen LogP contribution in [0.2, 0.25) is 13.1 Å². The molecule has 0 aliphatic rings. The van der Waals surface area contributed by atoms with Crippen molar-refractivity contribution < 1.29 is 0 Å². The zero-order chi connectivity index (χ0) is 9.19. The van der Waals surface area contributed by atoms with Crippen molar-refractivity contribution in [1.82, 2.24) is 0 Å². The summed E-state index contributed by atoms with van der Waals surface area (Å²) in [5.74, 6) is 0. The van der Waals surface area contributed by atoms with E-state index < -0.39 is 7.38 Å². The number of rotatable bonds is 2. The Bertz CT molecular complexity index is 286. The lowest BCUT2D eigenvalue weighted by molar-refractivity contribution is 1.69. The van der Waals surface area contributed by atoms with Crippen molar-refractivity contribution >= 4 is 29.7 Å². The normalized spacial score (nSPS) is 11.2. The number of hydrogen-bond acceptors (Lipinski definition) is 0. The number of hydrogen-bond donors (Lipinski definition) is 0. The molecule has 2 heteroatoms. The minimum atomic E-state index is -1.70. The van der Waals surface area contributed by atoms with Gasteiger partial charge in [0, 0.05) is 0 Å². The Morgan fingerprint density at radius 2 is 1.92 bits per heavy atom. The fourth-order valence-corrected chi connectivity index (χ4v) is 3.10. The monoisotopic (exact) mass is 196 g/mol. The molecular weight excluding hydrogens is 184 g/mol. The molecule has 0 saturated carbocycles. The molecule has 1 rings (SSSR count). The summed E-state index contributed by atoms with van der Waals surface area (Å²) in [4.78, 5) is 0. The first-order chi connectivity index (χ1) is 5.55. The molecule has 0 atom stereocenters. The molecule has 64 valence electrons. The van der Waals surface area contributed by atoms with Crippen LogP contribution in [-0.2, 0) is 0 Å². The zero-order valence-corrected chi connectivity index (χ0v) is 9.23. The molecule has 0 aliphatic carbocycles. The second kappa shape index (κ2) is 3.46. The summed E-state index contributed by atoms with van der Waals surface area (Å²) >= 11 is 6.33. The third-order valence-electron chi connectivity index (χ3n) is 1.82. The van der Waals surface area contributed by atoms with Gasteiger partial charge in [-0.3, -0.25) is 0 Å². The molecule has 0 fully saturated rings. The van der Waals surface area contributed by atoms with E-state index in [9.17, 15) is 0 Å². The standard InChI is InChI=1S/C10H13ClSi/c1-4-9-7-5-6-8-10(9)12(2,3)11/h4-8H,1H2,2-3H3. The first kappa shape index (κ1) is 9.55. The second-order valence-corrected chi connectivity index (χ2v) is 9.58. The first-order valence-corrected chi connectivity index (χ1v) is 7.98. The summed E-state index contributed by atoms with van der Waals surface area (Å²) in [6.07, 6.45) is 1.87. The first-order valence-electron chi connectivity index (χ1n) is 3.96. The Morgan fingerprint density at radius 1 is 1.33 bits per heavy atom. The van der Waals surface area contributed by atoms with Gasteiger partial charge in [-0.25, -0.2) is 0 Å². The molecule has 0 spiro atoms. The molecule has 1 aromatic rings. The Morgan fingerprint density at radius 3 is 2.33 bits per heavy atom. The summed E-state index contributed by atoms with van der Waals surface area (Å²) in [5, 5.41) is 1.27. The van der Waals surface area contributed by atoms with Crippen LogP contribution in [0.4, 0.5) is 0 Å². The van der Waals surface area contributed by atoms with Gasteiger partial charge < -0.3 is 0 Å². The lowest BCUT2D eigenvalue weighted by Crippen LogP contribution is -2.36. The maximum absolute atomic E-state index is 6.33. The van der Waals surface area contributed by atoms with Crippen LogP contribution >= 0.6 is 11.1 Å². The molecule has 0 aromatic heterocycles. The van der Waals surface area contributed by atoms with Gasteiger partial charge in [-0.2, -0.15) is 11.1 Å². The molecule has 0 N–H and O–H groups in total. The van der Waals surface area contributed by atoms with E-state index in [1.165, 1.54) is 10.8 Å². The fourth-order valence-electron chi connectivity index (χ4n) is 1.22. The molecule has 0 saturated heterocycles. The summed E-state index contributed by atoms with van der Waals surface area (Å²) in [7, 11) is -1.70. The summed E-state index contributed by atoms with van der Waals surface area (Å²) < 4.78 is 0. The minimum Gasteiger partial charge on any atom is -0.161 e. The van der Waals surface area contributed by atoms with E-state index in [1.54, 1.807) is 0 Å². The van der Waals surface area contributed by atoms with Crippen molar-refractivity contribution in [3.05, 3.63) is 36.4 Å². The minimum absolute atomic E-state index is 1.17. The summed E-state index contributed by atoms with van der Waals surface area (Å²) in [6, 6.07) is 8.19. The highest BCUT2D eigenvalue weighted by Gasteiger charge is 2.21. The maximum atomic E-state index is 6.33. The smallest absolute Gasteiger partial charge is 0.161 e. The van der Waals surface area contributed by atoms with Crippen LogP contribution in [0.5, 0.6) is 0 Å². The topological polar surface area (TPSA) is 0 Å². The largest absolute Gasteiger partial charge is 0.181 e. The molecule has 0 aliphatic heterocycles. The highest BCUT2D eigenvalue weighted by Crippen LogP contribution is 2.11. The van der Waals surface area contributed by atoms with E-state index in [-0.39, 0.29) is 0 Å². The van der Waals surface area contributed by atoms with Crippen molar-refractivity contribution in [2.24, 2.45) is 0 Å². The van der Waals surface area contributed by atoms with Gasteiger partial charge in [0.2, 0.25) is 0 Å². The molecule has 0 bridgehead atoms. The van der Waals surface area contributed by atoms with Gasteiger partial charge in [-0.1, -0.05) is 50.0 Å². The number of halogens is 1. The lowest BCUT2D eigenvalue weighted by atomic mass is 10.2. The van der Waals surface area contributed by atoms with Crippen LogP contribution in [0, 0.1) is 0 Å². The zero-order valence-electron chi connectivity index (χ0n) is 7.47. The Hall–Kier alpha value is -0.533. The predicted octanol–water partition coefficient (Wildman–Crippen LogP) is 2.98. The van der Waals surface area contributed by atoms with Crippen LogP contribution in [0.1, 0.15) is 5.56 Å². The van der Waals surface area contributed by atoms with Crippen molar-refractivity contribution in [2.75, 3.05) is 0 Å². The van der Waals surface area contributed by atoms with Crippen molar-refractivity contribution in [2.45, 2.75) is 13.1 Å². The third kappa shape index (κ3) is 1.99. The maximum Gasteiger partial charge on any atom is 0.181 e. The van der Waals surface area contributed by atoms with Crippen molar-refractivity contribution in [3.8, 4) is 0 Å². The van der Waals surface area contributed by atoms with Gasteiger partial charge >= 0.3 is 0 Å². The van der Waals surface area contributed by atoms with E-state index >= 15 is 0 Å². The number of benzene rings is 1. The average Bonchev–Trinajstić information content (AvgIpc) is 2.03. The van der Waals surface area contributed by atoms with Crippen LogP contribution in [0.25, 0.3) is 6.08 Å². The van der Waals surface area contributed by atoms with Crippen molar-refractivity contribution in [1.29, 1.82) is 0 Å². The van der Waals surface area contributed by atoms with Gasteiger partial charge in [-0.05, 0) is 10.8 Å². The SMILES string of the molecule is C=Cc1ccccc1[Si](C)(C)Cl. The molecule has 1 aromatic carbocycles. The van der Waals surface area contributed by atoms with Crippen LogP contribution in [-0.4, -0.2) is 7.38 Å². The predicted molar refractivity (Wildman–Crippen MR) is 59.5 cm³/mol. The Kier molecular flexibility index (Phi) is 2.75. The third-order valence-corrected chi connectivity index (χ3v) is 4.17. The molecule has 0 nitrogen and oxygen atoms in total. The Balaban J connectivity index is 3.23. The lowest BCUT2D eigenvalue weighted by Gasteiger charge is -2.15. The van der Waals surface area contributed by atoms with E-state index in [0.717, 1.165) is 0 Å². The summed E-state index contributed by atoms with van der Waals surface area (Å²) in [6.45, 7) is 8.01.